The van der Waals surface area contributed by atoms with Gasteiger partial charge in [-0.1, -0.05) is 5.16 Å². The summed E-state index contributed by atoms with van der Waals surface area (Å²) in [6, 6.07) is 9.53. The second-order valence-electron chi connectivity index (χ2n) is 7.60. The Kier molecular flexibility index (Phi) is 4.09. The van der Waals surface area contributed by atoms with Crippen LogP contribution in [0.25, 0.3) is 10.9 Å². The van der Waals surface area contributed by atoms with Gasteiger partial charge in [0.2, 0.25) is 0 Å². The topological polar surface area (TPSA) is 115 Å². The Morgan fingerprint density at radius 1 is 1.23 bits per heavy atom. The summed E-state index contributed by atoms with van der Waals surface area (Å²) >= 11 is 0. The van der Waals surface area contributed by atoms with E-state index in [0.717, 1.165) is 29.8 Å². The molecule has 2 aromatic heterocycles. The maximum atomic E-state index is 13.3. The first-order valence-corrected chi connectivity index (χ1v) is 9.43. The monoisotopic (exact) mass is 411 g/mol. The highest BCUT2D eigenvalue weighted by molar-refractivity contribution is 5.91. The van der Waals surface area contributed by atoms with Gasteiger partial charge in [0.15, 0.2) is 5.69 Å². The molecule has 2 aliphatic rings. The summed E-state index contributed by atoms with van der Waals surface area (Å²) in [7, 11) is 1.67. The van der Waals surface area contributed by atoms with Gasteiger partial charge in [-0.05, 0) is 30.3 Å². The number of benzene rings is 1. The van der Waals surface area contributed by atoms with Crippen LogP contribution in [0.3, 0.4) is 0 Å². The number of piperidine rings is 1. The number of pyridine rings is 1. The summed E-state index contributed by atoms with van der Waals surface area (Å²) < 4.78 is 23.3. The number of nitrogens with two attached hydrogens (primary N) is 1. The molecule has 1 saturated carbocycles. The van der Waals surface area contributed by atoms with Gasteiger partial charge in [-0.2, -0.15) is 0 Å². The third-order valence-corrected chi connectivity index (χ3v) is 5.77. The van der Waals surface area contributed by atoms with E-state index < -0.39 is 12.0 Å². The molecule has 1 aliphatic heterocycles. The van der Waals surface area contributed by atoms with Crippen molar-refractivity contribution in [2.24, 2.45) is 17.6 Å². The molecule has 2 unspecified atom stereocenters. The van der Waals surface area contributed by atoms with Gasteiger partial charge >= 0.3 is 12.0 Å². The lowest BCUT2D eigenvalue weighted by atomic mass is 10.2. The van der Waals surface area contributed by atoms with Crippen LogP contribution in [0.5, 0.6) is 5.95 Å². The number of amides is 2. The van der Waals surface area contributed by atoms with Gasteiger partial charge < -0.3 is 24.8 Å². The molecule has 0 bridgehead atoms. The molecule has 154 valence electrons. The lowest BCUT2D eigenvalue weighted by molar-refractivity contribution is 0.0991. The Labute approximate surface area is 170 Å². The second kappa shape index (κ2) is 6.68. The zero-order valence-corrected chi connectivity index (χ0v) is 16.0. The average Bonchev–Trinajstić information content (AvgIpc) is 3.08. The number of carbonyl (C=O) groups is 2. The SMILES string of the molecule is CN(C(=O)Oc1cc(C(N)=O)no1)C1C2CN(c3ccc4cc(F)ccc4n3)CC21. The van der Waals surface area contributed by atoms with Gasteiger partial charge in [-0.15, -0.1) is 0 Å². The zero-order chi connectivity index (χ0) is 21.0. The number of fused-ring (bicyclic) bond motifs is 2. The quantitative estimate of drug-likeness (QED) is 0.698. The van der Waals surface area contributed by atoms with Crippen LogP contribution in [0.15, 0.2) is 40.9 Å². The number of hydrogen-bond donors (Lipinski definition) is 1. The van der Waals surface area contributed by atoms with E-state index in [-0.39, 0.29) is 23.5 Å². The minimum Gasteiger partial charge on any atom is -0.374 e. The van der Waals surface area contributed by atoms with Crippen molar-refractivity contribution in [1.29, 1.82) is 0 Å². The Hall–Kier alpha value is -3.69. The predicted octanol–water partition coefficient (Wildman–Crippen LogP) is 2.03. The summed E-state index contributed by atoms with van der Waals surface area (Å²) in [5.41, 5.74) is 5.74. The van der Waals surface area contributed by atoms with E-state index in [1.54, 1.807) is 13.1 Å². The van der Waals surface area contributed by atoms with Crippen LogP contribution in [0, 0.1) is 17.7 Å². The number of hydrogen-bond acceptors (Lipinski definition) is 7. The number of anilines is 1. The van der Waals surface area contributed by atoms with E-state index in [0.29, 0.717) is 11.8 Å². The first-order chi connectivity index (χ1) is 14.4. The second-order valence-corrected chi connectivity index (χ2v) is 7.60. The van der Waals surface area contributed by atoms with Crippen molar-refractivity contribution in [3.8, 4) is 5.95 Å². The number of aromatic nitrogens is 2. The highest BCUT2D eigenvalue weighted by Crippen LogP contribution is 2.49. The molecule has 1 saturated heterocycles. The van der Waals surface area contributed by atoms with Crippen molar-refractivity contribution >= 4 is 28.7 Å². The van der Waals surface area contributed by atoms with Crippen LogP contribution in [-0.2, 0) is 0 Å². The summed E-state index contributed by atoms with van der Waals surface area (Å²) in [4.78, 5) is 31.7. The molecule has 30 heavy (non-hydrogen) atoms. The third-order valence-electron chi connectivity index (χ3n) is 5.77. The van der Waals surface area contributed by atoms with Crippen LogP contribution in [0.2, 0.25) is 0 Å². The highest BCUT2D eigenvalue weighted by atomic mass is 19.1. The molecular formula is C20H18FN5O4. The van der Waals surface area contributed by atoms with Gasteiger partial charge in [0.05, 0.1) is 11.6 Å². The summed E-state index contributed by atoms with van der Waals surface area (Å²) in [5.74, 6) is 0.233. The van der Waals surface area contributed by atoms with Crippen LogP contribution in [-0.4, -0.2) is 53.2 Å². The molecule has 3 heterocycles. The number of halogens is 1. The maximum Gasteiger partial charge on any atom is 0.417 e. The molecule has 9 nitrogen and oxygen atoms in total. The number of primary amides is 1. The molecule has 0 radical (unpaired) electrons. The Balaban J connectivity index is 1.21. The third kappa shape index (κ3) is 3.10. The van der Waals surface area contributed by atoms with Gasteiger partial charge in [-0.25, -0.2) is 14.2 Å². The van der Waals surface area contributed by atoms with Crippen LogP contribution in [0.4, 0.5) is 15.0 Å². The van der Waals surface area contributed by atoms with Gasteiger partial charge in [0.1, 0.15) is 11.6 Å². The Morgan fingerprint density at radius 3 is 2.70 bits per heavy atom. The minimum absolute atomic E-state index is 0.0573. The average molecular weight is 411 g/mol. The lowest BCUT2D eigenvalue weighted by Crippen LogP contribution is -2.38. The fraction of sp³-hybridized carbons (Fsp3) is 0.300. The molecule has 5 rings (SSSR count). The number of ether oxygens (including phenoxy) is 1. The van der Waals surface area contributed by atoms with Crippen LogP contribution >= 0.6 is 0 Å². The van der Waals surface area contributed by atoms with Crippen molar-refractivity contribution in [2.45, 2.75) is 6.04 Å². The molecule has 2 atom stereocenters. The van der Waals surface area contributed by atoms with Crippen LogP contribution < -0.4 is 15.4 Å². The van der Waals surface area contributed by atoms with E-state index in [9.17, 15) is 14.0 Å². The Morgan fingerprint density at radius 2 is 2.00 bits per heavy atom. The lowest BCUT2D eigenvalue weighted by Gasteiger charge is -2.24. The van der Waals surface area contributed by atoms with Crippen LogP contribution in [0.1, 0.15) is 10.5 Å². The Bertz CT molecular complexity index is 1150. The predicted molar refractivity (Wildman–Crippen MR) is 103 cm³/mol. The summed E-state index contributed by atoms with van der Waals surface area (Å²) in [5, 5.41) is 4.20. The van der Waals surface area contributed by atoms with Gasteiger partial charge in [0.25, 0.3) is 5.91 Å². The van der Waals surface area contributed by atoms with Crippen molar-refractivity contribution in [3.05, 3.63) is 47.9 Å². The molecule has 1 aliphatic carbocycles. The normalized spacial score (nSPS) is 22.1. The van der Waals surface area contributed by atoms with Crippen molar-refractivity contribution < 1.29 is 23.2 Å². The zero-order valence-electron chi connectivity index (χ0n) is 16.0. The molecule has 2 amide bonds. The number of nitrogens with zero attached hydrogens (tertiary/aromatic N) is 4. The van der Waals surface area contributed by atoms with Gasteiger partial charge in [-0.3, -0.25) is 4.79 Å². The number of rotatable bonds is 4. The molecule has 3 aromatic rings. The standard InChI is InChI=1S/C20H18FN5O4/c1-25(20(28)29-17-7-15(19(22)27)24-30-17)18-12-8-26(9-13(12)18)16-5-2-10-6-11(21)3-4-14(10)23-16/h2-7,12-13,18H,8-9H2,1H3,(H2,22,27). The van der Waals surface area contributed by atoms with E-state index in [1.165, 1.54) is 23.1 Å². The fourth-order valence-electron chi connectivity index (χ4n) is 4.22. The number of carbonyl (C=O) groups excluding carboxylic acids is 2. The van der Waals surface area contributed by atoms with E-state index in [2.05, 4.69) is 15.0 Å². The maximum absolute atomic E-state index is 13.3. The van der Waals surface area contributed by atoms with Gasteiger partial charge in [0, 0.05) is 43.4 Å². The molecule has 1 aromatic carbocycles. The van der Waals surface area contributed by atoms with E-state index in [1.807, 2.05) is 12.1 Å². The molecule has 10 heteroatoms. The van der Waals surface area contributed by atoms with E-state index in [4.69, 9.17) is 15.0 Å². The molecule has 2 N–H and O–H groups in total. The largest absolute Gasteiger partial charge is 0.417 e. The summed E-state index contributed by atoms with van der Waals surface area (Å²) in [6.07, 6.45) is -0.584. The smallest absolute Gasteiger partial charge is 0.374 e. The highest BCUT2D eigenvalue weighted by Gasteiger charge is 2.59. The van der Waals surface area contributed by atoms with Crippen molar-refractivity contribution in [3.63, 3.8) is 0 Å². The minimum atomic E-state index is -0.765. The summed E-state index contributed by atoms with van der Waals surface area (Å²) in [6.45, 7) is 1.53. The molecule has 0 spiro atoms. The molecular weight excluding hydrogens is 393 g/mol. The van der Waals surface area contributed by atoms with E-state index >= 15 is 0 Å². The first kappa shape index (κ1) is 18.3. The molecule has 2 fully saturated rings. The van der Waals surface area contributed by atoms with Crippen molar-refractivity contribution in [2.75, 3.05) is 25.0 Å². The van der Waals surface area contributed by atoms with Crippen molar-refractivity contribution in [1.82, 2.24) is 15.0 Å². The first-order valence-electron chi connectivity index (χ1n) is 9.43. The fourth-order valence-corrected chi connectivity index (χ4v) is 4.22.